The van der Waals surface area contributed by atoms with Gasteiger partial charge in [0.05, 0.1) is 17.4 Å². The lowest BCUT2D eigenvalue weighted by atomic mass is 10.2. The first-order valence-corrected chi connectivity index (χ1v) is 4.97. The molecule has 0 unspecified atom stereocenters. The van der Waals surface area contributed by atoms with E-state index in [4.69, 9.17) is 5.73 Å². The van der Waals surface area contributed by atoms with Crippen molar-refractivity contribution in [1.29, 1.82) is 0 Å². The third-order valence-corrected chi connectivity index (χ3v) is 2.19. The molecule has 0 fully saturated rings. The Bertz CT molecular complexity index is 538. The van der Waals surface area contributed by atoms with E-state index in [1.165, 1.54) is 18.3 Å². The molecule has 17 heavy (non-hydrogen) atoms. The van der Waals surface area contributed by atoms with E-state index in [0.29, 0.717) is 11.5 Å². The predicted molar refractivity (Wildman–Crippen MR) is 64.7 cm³/mol. The number of pyridine rings is 1. The molecule has 5 nitrogen and oxygen atoms in total. The second-order valence-corrected chi connectivity index (χ2v) is 3.44. The van der Waals surface area contributed by atoms with Gasteiger partial charge in [-0.1, -0.05) is 12.1 Å². The van der Waals surface area contributed by atoms with Crippen molar-refractivity contribution in [2.24, 2.45) is 0 Å². The van der Waals surface area contributed by atoms with E-state index in [9.17, 15) is 9.90 Å². The summed E-state index contributed by atoms with van der Waals surface area (Å²) in [5, 5.41) is 12.1. The molecular weight excluding hydrogens is 218 g/mol. The first-order valence-electron chi connectivity index (χ1n) is 4.97. The zero-order valence-electron chi connectivity index (χ0n) is 8.92. The number of carbonyl (C=O) groups excluding carboxylic acids is 1. The molecule has 0 aliphatic heterocycles. The molecule has 0 saturated carbocycles. The quantitative estimate of drug-likeness (QED) is 0.730. The average Bonchev–Trinajstić information content (AvgIpc) is 2.32. The van der Waals surface area contributed by atoms with Crippen LogP contribution in [0.3, 0.4) is 0 Å². The summed E-state index contributed by atoms with van der Waals surface area (Å²) in [4.78, 5) is 15.6. The van der Waals surface area contributed by atoms with E-state index in [1.54, 1.807) is 24.3 Å². The molecule has 0 bridgehead atoms. The van der Waals surface area contributed by atoms with Crippen LogP contribution in [-0.2, 0) is 0 Å². The summed E-state index contributed by atoms with van der Waals surface area (Å²) < 4.78 is 0. The number of para-hydroxylation sites is 1. The molecule has 5 heteroatoms. The molecule has 0 spiro atoms. The second-order valence-electron chi connectivity index (χ2n) is 3.44. The molecular formula is C12H11N3O2. The largest absolute Gasteiger partial charge is 0.507 e. The summed E-state index contributed by atoms with van der Waals surface area (Å²) >= 11 is 0. The number of carbonyl (C=O) groups is 1. The third-order valence-electron chi connectivity index (χ3n) is 2.19. The van der Waals surface area contributed by atoms with Gasteiger partial charge in [-0.05, 0) is 24.3 Å². The van der Waals surface area contributed by atoms with Crippen LogP contribution in [-0.4, -0.2) is 16.0 Å². The molecule has 2 rings (SSSR count). The standard InChI is InChI=1S/C12H11N3O2/c13-11-6-5-8(7-14-11)15-12(17)9-3-1-2-4-10(9)16/h1-7,16H,(H2,13,14)(H,15,17). The monoisotopic (exact) mass is 229 g/mol. The second kappa shape index (κ2) is 4.52. The van der Waals surface area contributed by atoms with Gasteiger partial charge in [0.25, 0.3) is 5.91 Å². The van der Waals surface area contributed by atoms with Crippen molar-refractivity contribution in [2.45, 2.75) is 0 Å². The number of aromatic nitrogens is 1. The fourth-order valence-electron chi connectivity index (χ4n) is 1.34. The van der Waals surface area contributed by atoms with Crippen molar-refractivity contribution in [1.82, 2.24) is 4.98 Å². The van der Waals surface area contributed by atoms with Gasteiger partial charge in [-0.2, -0.15) is 0 Å². The van der Waals surface area contributed by atoms with Gasteiger partial charge >= 0.3 is 0 Å². The van der Waals surface area contributed by atoms with Crippen LogP contribution in [0.15, 0.2) is 42.6 Å². The maximum absolute atomic E-state index is 11.8. The Kier molecular flexibility index (Phi) is 2.91. The van der Waals surface area contributed by atoms with Gasteiger partial charge < -0.3 is 16.2 Å². The number of nitrogen functional groups attached to an aromatic ring is 1. The Morgan fingerprint density at radius 2 is 2.00 bits per heavy atom. The maximum Gasteiger partial charge on any atom is 0.259 e. The van der Waals surface area contributed by atoms with Gasteiger partial charge in [0, 0.05) is 0 Å². The van der Waals surface area contributed by atoms with Crippen LogP contribution in [0.5, 0.6) is 5.75 Å². The van der Waals surface area contributed by atoms with Gasteiger partial charge in [0.1, 0.15) is 11.6 Å². The molecule has 1 heterocycles. The van der Waals surface area contributed by atoms with E-state index in [0.717, 1.165) is 0 Å². The highest BCUT2D eigenvalue weighted by atomic mass is 16.3. The van der Waals surface area contributed by atoms with Gasteiger partial charge in [-0.25, -0.2) is 4.98 Å². The van der Waals surface area contributed by atoms with E-state index in [1.807, 2.05) is 0 Å². The van der Waals surface area contributed by atoms with Crippen molar-refractivity contribution in [2.75, 3.05) is 11.1 Å². The van der Waals surface area contributed by atoms with E-state index in [-0.39, 0.29) is 11.3 Å². The molecule has 0 radical (unpaired) electrons. The van der Waals surface area contributed by atoms with Gasteiger partial charge in [-0.3, -0.25) is 4.79 Å². The topological polar surface area (TPSA) is 88.2 Å². The number of rotatable bonds is 2. The van der Waals surface area contributed by atoms with Crippen LogP contribution in [0, 0.1) is 0 Å². The van der Waals surface area contributed by atoms with Crippen molar-refractivity contribution in [3.8, 4) is 5.75 Å². The lowest BCUT2D eigenvalue weighted by Gasteiger charge is -2.06. The minimum atomic E-state index is -0.394. The normalized spacial score (nSPS) is 9.88. The molecule has 2 aromatic rings. The summed E-state index contributed by atoms with van der Waals surface area (Å²) in [6.07, 6.45) is 1.45. The predicted octanol–water partition coefficient (Wildman–Crippen LogP) is 1.62. The van der Waals surface area contributed by atoms with E-state index < -0.39 is 5.91 Å². The Morgan fingerprint density at radius 1 is 1.24 bits per heavy atom. The number of phenols is 1. The number of amides is 1. The Balaban J connectivity index is 2.17. The highest BCUT2D eigenvalue weighted by molar-refractivity contribution is 6.06. The van der Waals surface area contributed by atoms with Crippen molar-refractivity contribution in [3.63, 3.8) is 0 Å². The number of nitrogens with one attached hydrogen (secondary N) is 1. The first kappa shape index (κ1) is 10.9. The van der Waals surface area contributed by atoms with Crippen LogP contribution in [0.2, 0.25) is 0 Å². The number of hydrogen-bond donors (Lipinski definition) is 3. The Hall–Kier alpha value is -2.56. The minimum absolute atomic E-state index is 0.0617. The third kappa shape index (κ3) is 2.52. The SMILES string of the molecule is Nc1ccc(NC(=O)c2ccccc2O)cn1. The number of phenolic OH excluding ortho intramolecular Hbond substituents is 1. The summed E-state index contributed by atoms with van der Waals surface area (Å²) in [7, 11) is 0. The molecule has 0 saturated heterocycles. The highest BCUT2D eigenvalue weighted by Crippen LogP contribution is 2.17. The fraction of sp³-hybridized carbons (Fsp3) is 0. The minimum Gasteiger partial charge on any atom is -0.507 e. The van der Waals surface area contributed by atoms with Crippen LogP contribution >= 0.6 is 0 Å². The summed E-state index contributed by atoms with van der Waals surface area (Å²) in [5.41, 5.74) is 6.16. The van der Waals surface area contributed by atoms with Crippen molar-refractivity contribution < 1.29 is 9.90 Å². The number of nitrogens with zero attached hydrogens (tertiary/aromatic N) is 1. The van der Waals surface area contributed by atoms with Crippen LogP contribution in [0.4, 0.5) is 11.5 Å². The molecule has 86 valence electrons. The van der Waals surface area contributed by atoms with Gasteiger partial charge in [0.2, 0.25) is 0 Å². The highest BCUT2D eigenvalue weighted by Gasteiger charge is 2.10. The lowest BCUT2D eigenvalue weighted by Crippen LogP contribution is -2.12. The van der Waals surface area contributed by atoms with Crippen LogP contribution in [0.25, 0.3) is 0 Å². The Morgan fingerprint density at radius 3 is 2.65 bits per heavy atom. The number of hydrogen-bond acceptors (Lipinski definition) is 4. The number of nitrogens with two attached hydrogens (primary N) is 1. The first-order chi connectivity index (χ1) is 8.16. The number of benzene rings is 1. The van der Waals surface area contributed by atoms with Crippen molar-refractivity contribution >= 4 is 17.4 Å². The summed E-state index contributed by atoms with van der Waals surface area (Å²) in [6.45, 7) is 0. The zero-order valence-corrected chi connectivity index (χ0v) is 8.92. The van der Waals surface area contributed by atoms with Gasteiger partial charge in [0.15, 0.2) is 0 Å². The molecule has 0 aliphatic carbocycles. The molecule has 0 atom stereocenters. The fourth-order valence-corrected chi connectivity index (χ4v) is 1.34. The summed E-state index contributed by atoms with van der Waals surface area (Å²) in [5.74, 6) is -0.0753. The Labute approximate surface area is 97.9 Å². The van der Waals surface area contributed by atoms with E-state index in [2.05, 4.69) is 10.3 Å². The number of anilines is 2. The van der Waals surface area contributed by atoms with Crippen LogP contribution < -0.4 is 11.1 Å². The maximum atomic E-state index is 11.8. The van der Waals surface area contributed by atoms with Crippen LogP contribution in [0.1, 0.15) is 10.4 Å². The molecule has 1 aromatic heterocycles. The lowest BCUT2D eigenvalue weighted by molar-refractivity contribution is 0.102. The number of aromatic hydroxyl groups is 1. The van der Waals surface area contributed by atoms with E-state index >= 15 is 0 Å². The average molecular weight is 229 g/mol. The molecule has 1 aromatic carbocycles. The molecule has 1 amide bonds. The van der Waals surface area contributed by atoms with Crippen molar-refractivity contribution in [3.05, 3.63) is 48.2 Å². The zero-order chi connectivity index (χ0) is 12.3. The summed E-state index contributed by atoms with van der Waals surface area (Å²) in [6, 6.07) is 9.54. The molecule has 4 N–H and O–H groups in total. The smallest absolute Gasteiger partial charge is 0.259 e. The van der Waals surface area contributed by atoms with Gasteiger partial charge in [-0.15, -0.1) is 0 Å². The molecule has 0 aliphatic rings.